The minimum absolute atomic E-state index is 0.230. The molecule has 0 radical (unpaired) electrons. The molecule has 0 amide bonds. The Bertz CT molecular complexity index is 763. The Balaban J connectivity index is 1.86. The van der Waals surface area contributed by atoms with Crippen LogP contribution in [0.15, 0.2) is 35.6 Å². The number of rotatable bonds is 3. The normalized spacial score (nSPS) is 11.0. The molecule has 19 heavy (non-hydrogen) atoms. The number of H-pyrrole nitrogens is 2. The predicted octanol–water partition coefficient (Wildman–Crippen LogP) is 3.45. The quantitative estimate of drug-likeness (QED) is 0.573. The maximum atomic E-state index is 12.8. The molecular formula is C12H9FN4S2. The summed E-state index contributed by atoms with van der Waals surface area (Å²) in [5, 5.41) is 7.77. The molecule has 7 heteroatoms. The minimum Gasteiger partial charge on any atom is -0.342 e. The number of halogens is 1. The number of hydrogen-bond donors (Lipinski definition) is 2. The van der Waals surface area contributed by atoms with Gasteiger partial charge in [0.15, 0.2) is 0 Å². The van der Waals surface area contributed by atoms with Crippen molar-refractivity contribution in [2.24, 2.45) is 0 Å². The van der Waals surface area contributed by atoms with Crippen molar-refractivity contribution in [1.82, 2.24) is 20.2 Å². The molecule has 0 aliphatic rings. The first kappa shape index (κ1) is 12.3. The number of nitrogens with zero attached hydrogens (tertiary/aromatic N) is 2. The second-order valence-electron chi connectivity index (χ2n) is 3.90. The summed E-state index contributed by atoms with van der Waals surface area (Å²) in [5.74, 6) is 0.470. The number of imidazole rings is 1. The molecule has 0 aliphatic heterocycles. The van der Waals surface area contributed by atoms with Crippen LogP contribution in [0, 0.1) is 10.5 Å². The lowest BCUT2D eigenvalue weighted by Gasteiger charge is -2.02. The Hall–Kier alpha value is -1.73. The standard InChI is InChI=1S/C12H9FN4S2/c13-8-3-1-7(2-4-8)5-19-12-10-9(14-6-15-10)11(18)16-17-12/h1-4,6H,5H2,(H,14,15)(H,16,18). The molecule has 0 fully saturated rings. The van der Waals surface area contributed by atoms with Crippen LogP contribution in [0.3, 0.4) is 0 Å². The summed E-state index contributed by atoms with van der Waals surface area (Å²) in [6.07, 6.45) is 1.60. The van der Waals surface area contributed by atoms with Crippen molar-refractivity contribution in [3.05, 3.63) is 46.6 Å². The molecule has 4 nitrogen and oxygen atoms in total. The third kappa shape index (κ3) is 2.52. The fourth-order valence-electron chi connectivity index (χ4n) is 1.68. The van der Waals surface area contributed by atoms with E-state index in [2.05, 4.69) is 20.2 Å². The van der Waals surface area contributed by atoms with Gasteiger partial charge in [-0.1, -0.05) is 36.1 Å². The lowest BCUT2D eigenvalue weighted by atomic mass is 10.2. The zero-order valence-electron chi connectivity index (χ0n) is 9.68. The fourth-order valence-corrected chi connectivity index (χ4v) is 2.78. The summed E-state index contributed by atoms with van der Waals surface area (Å²) in [4.78, 5) is 7.18. The average Bonchev–Trinajstić information content (AvgIpc) is 2.90. The molecule has 2 aromatic heterocycles. The summed E-state index contributed by atoms with van der Waals surface area (Å²) in [6.45, 7) is 0. The van der Waals surface area contributed by atoms with Gasteiger partial charge in [-0.3, -0.25) is 5.10 Å². The first-order valence-corrected chi connectivity index (χ1v) is 6.92. The molecule has 0 aliphatic carbocycles. The van der Waals surface area contributed by atoms with E-state index in [-0.39, 0.29) is 5.82 Å². The van der Waals surface area contributed by atoms with E-state index in [9.17, 15) is 4.39 Å². The van der Waals surface area contributed by atoms with E-state index in [1.807, 2.05) is 0 Å². The van der Waals surface area contributed by atoms with Gasteiger partial charge >= 0.3 is 0 Å². The smallest absolute Gasteiger partial charge is 0.147 e. The monoisotopic (exact) mass is 292 g/mol. The van der Waals surface area contributed by atoms with Gasteiger partial charge in [-0.2, -0.15) is 5.10 Å². The van der Waals surface area contributed by atoms with E-state index in [1.165, 1.54) is 23.9 Å². The molecule has 0 bridgehead atoms. The number of aromatic amines is 2. The van der Waals surface area contributed by atoms with Gasteiger partial charge in [-0.15, -0.1) is 0 Å². The van der Waals surface area contributed by atoms with Crippen molar-refractivity contribution in [3.63, 3.8) is 0 Å². The SMILES string of the molecule is Fc1ccc(CSc2n[nH]c(=S)c3nc[nH]c23)cc1. The summed E-state index contributed by atoms with van der Waals surface area (Å²) < 4.78 is 13.3. The largest absolute Gasteiger partial charge is 0.342 e. The highest BCUT2D eigenvalue weighted by Gasteiger charge is 2.07. The van der Waals surface area contributed by atoms with Gasteiger partial charge in [0, 0.05) is 5.75 Å². The van der Waals surface area contributed by atoms with Crippen LogP contribution in [0.4, 0.5) is 4.39 Å². The van der Waals surface area contributed by atoms with E-state index >= 15 is 0 Å². The van der Waals surface area contributed by atoms with Gasteiger partial charge in [0.2, 0.25) is 0 Å². The number of thioether (sulfide) groups is 1. The second kappa shape index (κ2) is 5.10. The molecule has 2 heterocycles. The summed E-state index contributed by atoms with van der Waals surface area (Å²) in [5.41, 5.74) is 2.57. The van der Waals surface area contributed by atoms with Crippen molar-refractivity contribution in [1.29, 1.82) is 0 Å². The van der Waals surface area contributed by atoms with Crippen LogP contribution in [-0.2, 0) is 5.75 Å². The number of benzene rings is 1. The lowest BCUT2D eigenvalue weighted by molar-refractivity contribution is 0.627. The van der Waals surface area contributed by atoms with E-state index in [0.29, 0.717) is 15.9 Å². The molecule has 2 N–H and O–H groups in total. The van der Waals surface area contributed by atoms with Crippen molar-refractivity contribution in [3.8, 4) is 0 Å². The Morgan fingerprint density at radius 2 is 2.05 bits per heavy atom. The Morgan fingerprint density at radius 1 is 1.26 bits per heavy atom. The molecular weight excluding hydrogens is 283 g/mol. The highest BCUT2D eigenvalue weighted by Crippen LogP contribution is 2.26. The minimum atomic E-state index is -0.230. The zero-order chi connectivity index (χ0) is 13.2. The summed E-state index contributed by atoms with van der Waals surface area (Å²) in [7, 11) is 0. The number of nitrogens with one attached hydrogen (secondary N) is 2. The van der Waals surface area contributed by atoms with Crippen molar-refractivity contribution >= 4 is 35.0 Å². The van der Waals surface area contributed by atoms with Crippen LogP contribution < -0.4 is 0 Å². The van der Waals surface area contributed by atoms with Crippen LogP contribution in [0.2, 0.25) is 0 Å². The van der Waals surface area contributed by atoms with Crippen LogP contribution in [0.5, 0.6) is 0 Å². The average molecular weight is 292 g/mol. The van der Waals surface area contributed by atoms with Gasteiger partial charge in [0.05, 0.1) is 6.33 Å². The number of hydrogen-bond acceptors (Lipinski definition) is 4. The van der Waals surface area contributed by atoms with Crippen LogP contribution in [0.25, 0.3) is 11.0 Å². The first-order chi connectivity index (χ1) is 9.24. The molecule has 0 saturated carbocycles. The lowest BCUT2D eigenvalue weighted by Crippen LogP contribution is -1.90. The second-order valence-corrected chi connectivity index (χ2v) is 5.27. The van der Waals surface area contributed by atoms with Crippen LogP contribution in [0.1, 0.15) is 5.56 Å². The molecule has 0 spiro atoms. The molecule has 96 valence electrons. The highest BCUT2D eigenvalue weighted by atomic mass is 32.2. The number of fused-ring (bicyclic) bond motifs is 1. The van der Waals surface area contributed by atoms with Crippen LogP contribution in [-0.4, -0.2) is 20.2 Å². The van der Waals surface area contributed by atoms with Gasteiger partial charge < -0.3 is 4.98 Å². The topological polar surface area (TPSA) is 57.4 Å². The fraction of sp³-hybridized carbons (Fsp3) is 0.0833. The van der Waals surface area contributed by atoms with Gasteiger partial charge in [-0.05, 0) is 17.7 Å². The van der Waals surface area contributed by atoms with Crippen LogP contribution >= 0.6 is 24.0 Å². The summed E-state index contributed by atoms with van der Waals surface area (Å²) >= 11 is 6.65. The third-order valence-corrected chi connectivity index (χ3v) is 3.95. The van der Waals surface area contributed by atoms with Gasteiger partial charge in [-0.25, -0.2) is 9.37 Å². The molecule has 0 saturated heterocycles. The van der Waals surface area contributed by atoms with Crippen molar-refractivity contribution in [2.45, 2.75) is 10.8 Å². The molecule has 0 atom stereocenters. The first-order valence-electron chi connectivity index (χ1n) is 5.53. The highest BCUT2D eigenvalue weighted by molar-refractivity contribution is 7.98. The van der Waals surface area contributed by atoms with E-state index < -0.39 is 0 Å². The van der Waals surface area contributed by atoms with E-state index in [4.69, 9.17) is 12.2 Å². The Morgan fingerprint density at radius 3 is 2.84 bits per heavy atom. The molecule has 1 aromatic carbocycles. The Labute approximate surface area is 117 Å². The van der Waals surface area contributed by atoms with Gasteiger partial charge in [0.25, 0.3) is 0 Å². The summed E-state index contributed by atoms with van der Waals surface area (Å²) in [6, 6.07) is 6.43. The van der Waals surface area contributed by atoms with Crippen molar-refractivity contribution < 1.29 is 4.39 Å². The van der Waals surface area contributed by atoms with E-state index in [1.54, 1.807) is 18.5 Å². The molecule has 3 aromatic rings. The Kier molecular flexibility index (Phi) is 3.31. The predicted molar refractivity (Wildman–Crippen MR) is 75.0 cm³/mol. The number of aromatic nitrogens is 4. The van der Waals surface area contributed by atoms with Crippen molar-refractivity contribution in [2.75, 3.05) is 0 Å². The maximum Gasteiger partial charge on any atom is 0.147 e. The molecule has 3 rings (SSSR count). The maximum absolute atomic E-state index is 12.8. The van der Waals surface area contributed by atoms with Gasteiger partial charge in [0.1, 0.15) is 26.5 Å². The third-order valence-electron chi connectivity index (χ3n) is 2.62. The zero-order valence-corrected chi connectivity index (χ0v) is 11.3. The van der Waals surface area contributed by atoms with E-state index in [0.717, 1.165) is 16.1 Å². The molecule has 0 unspecified atom stereocenters.